The molecule has 0 saturated carbocycles. The summed E-state index contributed by atoms with van der Waals surface area (Å²) in [5, 5.41) is 5.99. The summed E-state index contributed by atoms with van der Waals surface area (Å²) in [5.74, 6) is 0.308. The van der Waals surface area contributed by atoms with Gasteiger partial charge in [-0.3, -0.25) is 9.59 Å². The van der Waals surface area contributed by atoms with Crippen LogP contribution in [0, 0.1) is 11.8 Å². The quantitative estimate of drug-likeness (QED) is 0.480. The zero-order valence-electron chi connectivity index (χ0n) is 16.9. The van der Waals surface area contributed by atoms with Crippen molar-refractivity contribution < 1.29 is 9.59 Å². The number of benzene rings is 1. The fraction of sp³-hybridized carbons (Fsp3) is 0.636. The Morgan fingerprint density at radius 1 is 0.731 bits per heavy atom. The molecule has 0 fully saturated rings. The van der Waals surface area contributed by atoms with E-state index in [1.165, 1.54) is 0 Å². The highest BCUT2D eigenvalue weighted by Crippen LogP contribution is 2.20. The van der Waals surface area contributed by atoms with Crippen molar-refractivity contribution in [2.75, 3.05) is 10.6 Å². The Bertz CT molecular complexity index is 491. The van der Waals surface area contributed by atoms with Gasteiger partial charge in [0, 0.05) is 23.2 Å². The normalized spacial score (nSPS) is 13.1. The number of hydrogen-bond acceptors (Lipinski definition) is 2. The number of carbonyl (C=O) groups is 2. The van der Waals surface area contributed by atoms with E-state index in [0.717, 1.165) is 62.7 Å². The Balaban J connectivity index is 2.59. The molecule has 0 saturated heterocycles. The second kappa shape index (κ2) is 12.5. The third-order valence-electron chi connectivity index (χ3n) is 4.96. The molecule has 0 unspecified atom stereocenters. The Morgan fingerprint density at radius 3 is 1.35 bits per heavy atom. The van der Waals surface area contributed by atoms with Crippen LogP contribution in [-0.4, -0.2) is 11.8 Å². The van der Waals surface area contributed by atoms with Crippen LogP contribution in [0.3, 0.4) is 0 Å². The first-order valence-electron chi connectivity index (χ1n) is 10.3. The topological polar surface area (TPSA) is 58.2 Å². The van der Waals surface area contributed by atoms with Crippen molar-refractivity contribution in [1.82, 2.24) is 0 Å². The van der Waals surface area contributed by atoms with E-state index in [0.29, 0.717) is 0 Å². The molecule has 0 spiro atoms. The summed E-state index contributed by atoms with van der Waals surface area (Å²) >= 11 is 0. The van der Waals surface area contributed by atoms with Gasteiger partial charge in [-0.25, -0.2) is 0 Å². The van der Waals surface area contributed by atoms with Gasteiger partial charge in [0.15, 0.2) is 0 Å². The highest BCUT2D eigenvalue weighted by Gasteiger charge is 2.17. The van der Waals surface area contributed by atoms with E-state index in [2.05, 4.69) is 38.3 Å². The van der Waals surface area contributed by atoms with E-state index in [-0.39, 0.29) is 23.7 Å². The lowest BCUT2D eigenvalue weighted by Gasteiger charge is -2.16. The van der Waals surface area contributed by atoms with E-state index in [1.807, 2.05) is 24.3 Å². The molecular formula is C22H36N2O2. The Kier molecular flexibility index (Phi) is 10.7. The monoisotopic (exact) mass is 360 g/mol. The maximum absolute atomic E-state index is 12.4. The number of anilines is 2. The third kappa shape index (κ3) is 7.59. The van der Waals surface area contributed by atoms with Crippen LogP contribution in [0.15, 0.2) is 24.3 Å². The lowest BCUT2D eigenvalue weighted by Crippen LogP contribution is -2.23. The fourth-order valence-electron chi connectivity index (χ4n) is 3.07. The minimum absolute atomic E-state index is 0.0678. The number of hydrogen-bond donors (Lipinski definition) is 2. The van der Waals surface area contributed by atoms with Crippen LogP contribution in [0.4, 0.5) is 11.4 Å². The van der Waals surface area contributed by atoms with E-state index < -0.39 is 0 Å². The molecule has 4 heteroatoms. The zero-order valence-corrected chi connectivity index (χ0v) is 16.9. The lowest BCUT2D eigenvalue weighted by atomic mass is 9.98. The summed E-state index contributed by atoms with van der Waals surface area (Å²) in [6, 6.07) is 7.42. The van der Waals surface area contributed by atoms with Gasteiger partial charge >= 0.3 is 0 Å². The largest absolute Gasteiger partial charge is 0.326 e. The zero-order chi connectivity index (χ0) is 19.4. The lowest BCUT2D eigenvalue weighted by molar-refractivity contribution is -0.121. The van der Waals surface area contributed by atoms with Crippen molar-refractivity contribution in [3.8, 4) is 0 Å². The highest BCUT2D eigenvalue weighted by atomic mass is 16.2. The van der Waals surface area contributed by atoms with Crippen molar-refractivity contribution >= 4 is 23.2 Å². The first-order valence-corrected chi connectivity index (χ1v) is 10.3. The van der Waals surface area contributed by atoms with Gasteiger partial charge in [0.2, 0.25) is 11.8 Å². The average Bonchev–Trinajstić information content (AvgIpc) is 2.64. The number of unbranched alkanes of at least 4 members (excludes halogenated alkanes) is 2. The smallest absolute Gasteiger partial charge is 0.227 e. The van der Waals surface area contributed by atoms with E-state index in [1.54, 1.807) is 0 Å². The maximum atomic E-state index is 12.4. The average molecular weight is 361 g/mol. The van der Waals surface area contributed by atoms with Gasteiger partial charge in [0.25, 0.3) is 0 Å². The molecule has 0 aromatic heterocycles. The second-order valence-electron chi connectivity index (χ2n) is 7.05. The van der Waals surface area contributed by atoms with Gasteiger partial charge in [0.05, 0.1) is 0 Å². The molecule has 2 atom stereocenters. The number of rotatable bonds is 12. The standard InChI is InChI=1S/C22H36N2O2/c1-5-9-11-17(7-3)21(25)23-19-13-15-20(16-14-19)24-22(26)18(8-4)12-10-6-2/h13-18H,5-12H2,1-4H3,(H,23,25)(H,24,26)/t17-,18+. The summed E-state index contributed by atoms with van der Waals surface area (Å²) in [6.07, 6.45) is 7.95. The maximum Gasteiger partial charge on any atom is 0.227 e. The molecule has 1 rings (SSSR count). The van der Waals surface area contributed by atoms with Gasteiger partial charge in [-0.15, -0.1) is 0 Å². The Hall–Kier alpha value is -1.84. The minimum atomic E-state index is 0.0678. The molecule has 2 N–H and O–H groups in total. The molecule has 0 bridgehead atoms. The molecule has 1 aromatic carbocycles. The van der Waals surface area contributed by atoms with Crippen molar-refractivity contribution in [1.29, 1.82) is 0 Å². The van der Waals surface area contributed by atoms with E-state index in [4.69, 9.17) is 0 Å². The van der Waals surface area contributed by atoms with Crippen LogP contribution < -0.4 is 10.6 Å². The van der Waals surface area contributed by atoms with Gasteiger partial charge in [-0.1, -0.05) is 53.4 Å². The van der Waals surface area contributed by atoms with Gasteiger partial charge < -0.3 is 10.6 Å². The predicted octanol–water partition coefficient (Wildman–Crippen LogP) is 6.00. The molecule has 0 aliphatic rings. The first kappa shape index (κ1) is 22.2. The van der Waals surface area contributed by atoms with Gasteiger partial charge in [-0.2, -0.15) is 0 Å². The molecule has 0 heterocycles. The summed E-state index contributed by atoms with van der Waals surface area (Å²) in [6.45, 7) is 8.40. The highest BCUT2D eigenvalue weighted by molar-refractivity contribution is 5.94. The van der Waals surface area contributed by atoms with Crippen molar-refractivity contribution in [3.63, 3.8) is 0 Å². The molecule has 0 aliphatic carbocycles. The minimum Gasteiger partial charge on any atom is -0.326 e. The summed E-state index contributed by atoms with van der Waals surface area (Å²) in [5.41, 5.74) is 1.56. The van der Waals surface area contributed by atoms with Crippen LogP contribution >= 0.6 is 0 Å². The van der Waals surface area contributed by atoms with E-state index in [9.17, 15) is 9.59 Å². The number of nitrogens with one attached hydrogen (secondary N) is 2. The SMILES string of the molecule is CCCC[C@@H](CC)C(=O)Nc1ccc(NC(=O)[C@@H](CC)CCCC)cc1. The molecule has 4 nitrogen and oxygen atoms in total. The van der Waals surface area contributed by atoms with Crippen LogP contribution in [0.2, 0.25) is 0 Å². The molecule has 146 valence electrons. The van der Waals surface area contributed by atoms with Crippen LogP contribution in [0.25, 0.3) is 0 Å². The molecule has 0 aliphatic heterocycles. The van der Waals surface area contributed by atoms with Gasteiger partial charge in [-0.05, 0) is 49.9 Å². The van der Waals surface area contributed by atoms with Gasteiger partial charge in [0.1, 0.15) is 0 Å². The van der Waals surface area contributed by atoms with Crippen LogP contribution in [-0.2, 0) is 9.59 Å². The predicted molar refractivity (Wildman–Crippen MR) is 110 cm³/mol. The van der Waals surface area contributed by atoms with E-state index >= 15 is 0 Å². The summed E-state index contributed by atoms with van der Waals surface area (Å²) in [4.78, 5) is 24.7. The number of carbonyl (C=O) groups excluding carboxylic acids is 2. The third-order valence-corrected chi connectivity index (χ3v) is 4.96. The second-order valence-corrected chi connectivity index (χ2v) is 7.05. The number of amides is 2. The fourth-order valence-corrected chi connectivity index (χ4v) is 3.07. The van der Waals surface area contributed by atoms with Crippen LogP contribution in [0.1, 0.15) is 79.1 Å². The molecule has 26 heavy (non-hydrogen) atoms. The summed E-state index contributed by atoms with van der Waals surface area (Å²) in [7, 11) is 0. The Labute approximate surface area is 159 Å². The van der Waals surface area contributed by atoms with Crippen LogP contribution in [0.5, 0.6) is 0 Å². The first-order chi connectivity index (χ1) is 12.5. The molecule has 1 aromatic rings. The molecule has 2 amide bonds. The van der Waals surface area contributed by atoms with Crippen molar-refractivity contribution in [2.45, 2.75) is 79.1 Å². The molecular weight excluding hydrogens is 324 g/mol. The van der Waals surface area contributed by atoms with Crippen molar-refractivity contribution in [3.05, 3.63) is 24.3 Å². The van der Waals surface area contributed by atoms with Crippen molar-refractivity contribution in [2.24, 2.45) is 11.8 Å². The Morgan fingerprint density at radius 2 is 1.08 bits per heavy atom. The summed E-state index contributed by atoms with van der Waals surface area (Å²) < 4.78 is 0. The molecule has 0 radical (unpaired) electrons.